The molecule has 1 saturated heterocycles. The van der Waals surface area contributed by atoms with Crippen LogP contribution in [0.25, 0.3) is 0 Å². The third-order valence-corrected chi connectivity index (χ3v) is 7.85. The fraction of sp³-hybridized carbons (Fsp3) is 0.320. The van der Waals surface area contributed by atoms with E-state index in [0.717, 1.165) is 24.6 Å². The first-order chi connectivity index (χ1) is 16.9. The first-order valence-electron chi connectivity index (χ1n) is 11.4. The predicted octanol–water partition coefficient (Wildman–Crippen LogP) is 3.92. The summed E-state index contributed by atoms with van der Waals surface area (Å²) >= 11 is 0. The predicted molar refractivity (Wildman–Crippen MR) is 131 cm³/mol. The van der Waals surface area contributed by atoms with Crippen LogP contribution in [0.3, 0.4) is 0 Å². The number of nitrogens with two attached hydrogens (primary N) is 1. The number of anilines is 2. The molecule has 2 aromatic heterocycles. The maximum Gasteiger partial charge on any atom is 0.253 e. The van der Waals surface area contributed by atoms with Gasteiger partial charge in [0.25, 0.3) is 5.91 Å². The molecule has 0 bridgehead atoms. The standard InChI is InChI=1S/C25H27F2N5O3S/c1-15-12-25(2,3)32(14-15)24-22(23(28)33)19(7-8-29-24)36(34,35)21-6-4-5-20(31-21)30-13-16-9-17(26)11-18(27)10-16/h4-11,15H,12-14H2,1-3H3,(H2,28,33)(H,30,31). The minimum absolute atomic E-state index is 0.0132. The number of hydrogen-bond acceptors (Lipinski definition) is 7. The summed E-state index contributed by atoms with van der Waals surface area (Å²) in [5.41, 5.74) is 5.47. The molecule has 3 aromatic rings. The minimum Gasteiger partial charge on any atom is -0.366 e. The number of primary amides is 1. The van der Waals surface area contributed by atoms with Crippen molar-refractivity contribution in [3.8, 4) is 0 Å². The van der Waals surface area contributed by atoms with Crippen LogP contribution in [0.2, 0.25) is 0 Å². The van der Waals surface area contributed by atoms with Gasteiger partial charge in [0.2, 0.25) is 9.84 Å². The lowest BCUT2D eigenvalue weighted by Gasteiger charge is -2.33. The van der Waals surface area contributed by atoms with Crippen molar-refractivity contribution in [2.24, 2.45) is 11.7 Å². The molecule has 3 N–H and O–H groups in total. The van der Waals surface area contributed by atoms with E-state index in [1.807, 2.05) is 18.7 Å². The van der Waals surface area contributed by atoms with Gasteiger partial charge in [-0.2, -0.15) is 0 Å². The van der Waals surface area contributed by atoms with Crippen molar-refractivity contribution in [1.29, 1.82) is 0 Å². The summed E-state index contributed by atoms with van der Waals surface area (Å²) in [7, 11) is -4.27. The number of pyridine rings is 2. The van der Waals surface area contributed by atoms with Crippen molar-refractivity contribution < 1.29 is 22.0 Å². The maximum atomic E-state index is 13.6. The summed E-state index contributed by atoms with van der Waals surface area (Å²) in [4.78, 5) is 22.7. The fourth-order valence-electron chi connectivity index (χ4n) is 4.73. The van der Waals surface area contributed by atoms with E-state index >= 15 is 0 Å². The molecule has 4 rings (SSSR count). The van der Waals surface area contributed by atoms with Crippen LogP contribution in [0.15, 0.2) is 58.6 Å². The van der Waals surface area contributed by atoms with E-state index in [2.05, 4.69) is 22.2 Å². The Hall–Kier alpha value is -3.60. The van der Waals surface area contributed by atoms with Gasteiger partial charge in [0.15, 0.2) is 5.03 Å². The Bertz CT molecular complexity index is 1410. The van der Waals surface area contributed by atoms with E-state index in [4.69, 9.17) is 5.73 Å². The molecule has 0 spiro atoms. The monoisotopic (exact) mass is 515 g/mol. The number of sulfone groups is 1. The summed E-state index contributed by atoms with van der Waals surface area (Å²) in [6.07, 6.45) is 2.18. The molecule has 1 aliphatic rings. The molecule has 8 nitrogen and oxygen atoms in total. The van der Waals surface area contributed by atoms with Crippen molar-refractivity contribution in [2.45, 2.75) is 49.2 Å². The molecule has 0 aliphatic carbocycles. The van der Waals surface area contributed by atoms with Crippen LogP contribution >= 0.6 is 0 Å². The second-order valence-electron chi connectivity index (χ2n) is 9.60. The van der Waals surface area contributed by atoms with E-state index in [-0.39, 0.29) is 39.2 Å². The lowest BCUT2D eigenvalue weighted by molar-refractivity contribution is 0.0997. The molecule has 0 radical (unpaired) electrons. The number of halogens is 2. The van der Waals surface area contributed by atoms with E-state index < -0.39 is 27.4 Å². The highest BCUT2D eigenvalue weighted by molar-refractivity contribution is 7.91. The summed E-state index contributed by atoms with van der Waals surface area (Å²) in [6, 6.07) is 8.63. The number of nitrogens with one attached hydrogen (secondary N) is 1. The lowest BCUT2D eigenvalue weighted by atomic mass is 9.97. The largest absolute Gasteiger partial charge is 0.366 e. The molecule has 3 heterocycles. The average Bonchev–Trinajstić information content (AvgIpc) is 3.08. The molecular formula is C25H27F2N5O3S. The lowest BCUT2D eigenvalue weighted by Crippen LogP contribution is -2.40. The molecule has 1 aliphatic heterocycles. The molecular weight excluding hydrogens is 488 g/mol. The minimum atomic E-state index is -4.27. The zero-order valence-electron chi connectivity index (χ0n) is 20.1. The Labute approximate surface area is 208 Å². The highest BCUT2D eigenvalue weighted by atomic mass is 32.2. The fourth-order valence-corrected chi connectivity index (χ4v) is 6.14. The third kappa shape index (κ3) is 5.01. The van der Waals surface area contributed by atoms with Crippen molar-refractivity contribution in [3.05, 3.63) is 71.4 Å². The Morgan fingerprint density at radius 1 is 1.19 bits per heavy atom. The quantitative estimate of drug-likeness (QED) is 0.490. The van der Waals surface area contributed by atoms with Gasteiger partial charge in [-0.15, -0.1) is 0 Å². The van der Waals surface area contributed by atoms with Crippen LogP contribution < -0.4 is 16.0 Å². The van der Waals surface area contributed by atoms with Gasteiger partial charge in [-0.25, -0.2) is 27.2 Å². The van der Waals surface area contributed by atoms with Gasteiger partial charge in [-0.3, -0.25) is 4.79 Å². The molecule has 1 atom stereocenters. The van der Waals surface area contributed by atoms with E-state index in [1.54, 1.807) is 0 Å². The normalized spacial score (nSPS) is 17.2. The zero-order chi connectivity index (χ0) is 26.3. The van der Waals surface area contributed by atoms with Gasteiger partial charge >= 0.3 is 0 Å². The van der Waals surface area contributed by atoms with Crippen molar-refractivity contribution in [3.63, 3.8) is 0 Å². The molecule has 36 heavy (non-hydrogen) atoms. The molecule has 1 unspecified atom stereocenters. The van der Waals surface area contributed by atoms with Crippen LogP contribution in [0.4, 0.5) is 20.4 Å². The topological polar surface area (TPSA) is 118 Å². The van der Waals surface area contributed by atoms with E-state index in [0.29, 0.717) is 18.0 Å². The van der Waals surface area contributed by atoms with Crippen LogP contribution in [0, 0.1) is 17.6 Å². The molecule has 1 amide bonds. The Balaban J connectivity index is 1.70. The van der Waals surface area contributed by atoms with Gasteiger partial charge in [-0.1, -0.05) is 13.0 Å². The van der Waals surface area contributed by atoms with Gasteiger partial charge in [-0.05, 0) is 62.1 Å². The molecule has 1 aromatic carbocycles. The number of amides is 1. The smallest absolute Gasteiger partial charge is 0.253 e. The second kappa shape index (κ2) is 9.45. The second-order valence-corrected chi connectivity index (χ2v) is 11.5. The zero-order valence-corrected chi connectivity index (χ0v) is 20.9. The first-order valence-corrected chi connectivity index (χ1v) is 12.8. The Morgan fingerprint density at radius 3 is 2.50 bits per heavy atom. The van der Waals surface area contributed by atoms with Gasteiger partial charge < -0.3 is 16.0 Å². The SMILES string of the molecule is CC1CN(c2nccc(S(=O)(=O)c3cccc(NCc4cc(F)cc(F)c4)n3)c2C(N)=O)C(C)(C)C1. The number of carbonyl (C=O) groups excluding carboxylic acids is 1. The highest BCUT2D eigenvalue weighted by Gasteiger charge is 2.40. The maximum absolute atomic E-state index is 13.6. The Morgan fingerprint density at radius 2 is 1.89 bits per heavy atom. The molecule has 1 fully saturated rings. The summed E-state index contributed by atoms with van der Waals surface area (Å²) in [6.45, 7) is 6.70. The number of aromatic nitrogens is 2. The molecule has 11 heteroatoms. The van der Waals surface area contributed by atoms with Gasteiger partial charge in [0, 0.05) is 30.9 Å². The van der Waals surface area contributed by atoms with Crippen LogP contribution in [-0.2, 0) is 16.4 Å². The molecule has 190 valence electrons. The van der Waals surface area contributed by atoms with Gasteiger partial charge in [0.1, 0.15) is 28.8 Å². The van der Waals surface area contributed by atoms with E-state index in [9.17, 15) is 22.0 Å². The number of carbonyl (C=O) groups is 1. The Kier molecular flexibility index (Phi) is 6.70. The first kappa shape index (κ1) is 25.5. The van der Waals surface area contributed by atoms with Crippen molar-refractivity contribution in [1.82, 2.24) is 9.97 Å². The number of nitrogens with zero attached hydrogens (tertiary/aromatic N) is 3. The number of rotatable bonds is 7. The van der Waals surface area contributed by atoms with Crippen LogP contribution in [-0.4, -0.2) is 36.4 Å². The van der Waals surface area contributed by atoms with E-state index in [1.165, 1.54) is 30.5 Å². The molecule has 0 saturated carbocycles. The summed E-state index contributed by atoms with van der Waals surface area (Å²) in [5.74, 6) is -1.64. The van der Waals surface area contributed by atoms with Crippen LogP contribution in [0.1, 0.15) is 43.1 Å². The van der Waals surface area contributed by atoms with Gasteiger partial charge in [0.05, 0.1) is 4.90 Å². The summed E-state index contributed by atoms with van der Waals surface area (Å²) in [5, 5.41) is 2.55. The average molecular weight is 516 g/mol. The third-order valence-electron chi connectivity index (χ3n) is 6.15. The van der Waals surface area contributed by atoms with Crippen LogP contribution in [0.5, 0.6) is 0 Å². The van der Waals surface area contributed by atoms with Crippen molar-refractivity contribution in [2.75, 3.05) is 16.8 Å². The number of hydrogen-bond donors (Lipinski definition) is 2. The number of benzene rings is 1. The summed E-state index contributed by atoms with van der Waals surface area (Å²) < 4.78 is 54.2. The highest BCUT2D eigenvalue weighted by Crippen LogP contribution is 2.39. The van der Waals surface area contributed by atoms with Crippen molar-refractivity contribution >= 4 is 27.4 Å².